The third-order valence-corrected chi connectivity index (χ3v) is 3.56. The zero-order valence-electron chi connectivity index (χ0n) is 10.6. The van der Waals surface area contributed by atoms with Crippen molar-refractivity contribution < 1.29 is 4.74 Å². The molecule has 1 N–H and O–H groups in total. The van der Waals surface area contributed by atoms with E-state index in [0.29, 0.717) is 0 Å². The summed E-state index contributed by atoms with van der Waals surface area (Å²) in [6.07, 6.45) is 0. The van der Waals surface area contributed by atoms with Crippen LogP contribution in [0.4, 0.5) is 0 Å². The first kappa shape index (κ1) is 16.7. The van der Waals surface area contributed by atoms with Crippen LogP contribution in [-0.2, 0) is 4.74 Å². The molecule has 0 saturated carbocycles. The molecule has 1 saturated heterocycles. The predicted molar refractivity (Wildman–Crippen MR) is 85.7 cm³/mol. The SMILES string of the molecule is Cl.S=C(NCCN1CCOCC1)c1ccc(Cl)cc1. The van der Waals surface area contributed by atoms with Gasteiger partial charge < -0.3 is 10.1 Å². The Bertz CT molecular complexity index is 394. The molecule has 0 amide bonds. The molecule has 0 radical (unpaired) electrons. The lowest BCUT2D eigenvalue weighted by Crippen LogP contribution is -2.41. The minimum atomic E-state index is 0. The second-order valence-corrected chi connectivity index (χ2v) is 5.06. The summed E-state index contributed by atoms with van der Waals surface area (Å²) >= 11 is 11.2. The highest BCUT2D eigenvalue weighted by Gasteiger charge is 2.09. The van der Waals surface area contributed by atoms with E-state index >= 15 is 0 Å². The molecule has 1 aliphatic rings. The van der Waals surface area contributed by atoms with Gasteiger partial charge in [-0.3, -0.25) is 4.90 Å². The van der Waals surface area contributed by atoms with Crippen molar-refractivity contribution in [3.05, 3.63) is 34.9 Å². The van der Waals surface area contributed by atoms with Gasteiger partial charge in [-0.25, -0.2) is 0 Å². The van der Waals surface area contributed by atoms with Crippen molar-refractivity contribution in [2.45, 2.75) is 0 Å². The number of nitrogens with zero attached hydrogens (tertiary/aromatic N) is 1. The van der Waals surface area contributed by atoms with Crippen molar-refractivity contribution in [1.82, 2.24) is 10.2 Å². The molecule has 1 fully saturated rings. The average molecular weight is 321 g/mol. The number of hydrogen-bond acceptors (Lipinski definition) is 3. The fourth-order valence-corrected chi connectivity index (χ4v) is 2.22. The summed E-state index contributed by atoms with van der Waals surface area (Å²) in [5, 5.41) is 4.00. The average Bonchev–Trinajstić information content (AvgIpc) is 2.40. The van der Waals surface area contributed by atoms with Crippen molar-refractivity contribution in [1.29, 1.82) is 0 Å². The lowest BCUT2D eigenvalue weighted by molar-refractivity contribution is 0.0389. The summed E-state index contributed by atoms with van der Waals surface area (Å²) in [6, 6.07) is 7.58. The number of hydrogen-bond donors (Lipinski definition) is 1. The maximum Gasteiger partial charge on any atom is 0.106 e. The number of halogens is 2. The monoisotopic (exact) mass is 320 g/mol. The fraction of sp³-hybridized carbons (Fsp3) is 0.462. The van der Waals surface area contributed by atoms with Crippen molar-refractivity contribution in [3.8, 4) is 0 Å². The van der Waals surface area contributed by atoms with E-state index in [0.717, 1.165) is 55.0 Å². The van der Waals surface area contributed by atoms with Crippen LogP contribution >= 0.6 is 36.2 Å². The maximum atomic E-state index is 5.84. The fourth-order valence-electron chi connectivity index (χ4n) is 1.86. The standard InChI is InChI=1S/C13H17ClN2OS.ClH/c14-12-3-1-11(2-4-12)13(18)15-5-6-16-7-9-17-10-8-16;/h1-4H,5-10H2,(H,15,18);1H. The molecule has 1 aromatic carbocycles. The summed E-state index contributed by atoms with van der Waals surface area (Å²) < 4.78 is 5.31. The second-order valence-electron chi connectivity index (χ2n) is 4.22. The van der Waals surface area contributed by atoms with E-state index in [9.17, 15) is 0 Å². The van der Waals surface area contributed by atoms with Crippen LogP contribution in [0.5, 0.6) is 0 Å². The summed E-state index contributed by atoms with van der Waals surface area (Å²) in [6.45, 7) is 5.55. The summed E-state index contributed by atoms with van der Waals surface area (Å²) in [7, 11) is 0. The van der Waals surface area contributed by atoms with Gasteiger partial charge in [-0.15, -0.1) is 12.4 Å². The van der Waals surface area contributed by atoms with Crippen LogP contribution in [0.15, 0.2) is 24.3 Å². The van der Waals surface area contributed by atoms with Crippen LogP contribution < -0.4 is 5.32 Å². The summed E-state index contributed by atoms with van der Waals surface area (Å²) in [5.74, 6) is 0. The molecule has 0 unspecified atom stereocenters. The van der Waals surface area contributed by atoms with E-state index < -0.39 is 0 Å². The molecule has 106 valence electrons. The highest BCUT2D eigenvalue weighted by Crippen LogP contribution is 2.09. The van der Waals surface area contributed by atoms with Crippen molar-refractivity contribution in [2.75, 3.05) is 39.4 Å². The van der Waals surface area contributed by atoms with Crippen LogP contribution in [0.25, 0.3) is 0 Å². The molecule has 0 atom stereocenters. The normalized spacial score (nSPS) is 15.6. The van der Waals surface area contributed by atoms with Gasteiger partial charge in [0.05, 0.1) is 13.2 Å². The molecular formula is C13H18Cl2N2OS. The zero-order valence-corrected chi connectivity index (χ0v) is 13.0. The molecular weight excluding hydrogens is 303 g/mol. The highest BCUT2D eigenvalue weighted by atomic mass is 35.5. The molecule has 19 heavy (non-hydrogen) atoms. The number of thiocarbonyl (C=S) groups is 1. The van der Waals surface area contributed by atoms with Gasteiger partial charge in [0.1, 0.15) is 4.99 Å². The Kier molecular flexibility index (Phi) is 7.64. The van der Waals surface area contributed by atoms with Gasteiger partial charge in [-0.1, -0.05) is 36.0 Å². The van der Waals surface area contributed by atoms with Gasteiger partial charge in [0.2, 0.25) is 0 Å². The van der Waals surface area contributed by atoms with E-state index in [-0.39, 0.29) is 12.4 Å². The van der Waals surface area contributed by atoms with Crippen molar-refractivity contribution >= 4 is 41.2 Å². The minimum absolute atomic E-state index is 0. The Morgan fingerprint density at radius 1 is 1.26 bits per heavy atom. The number of ether oxygens (including phenoxy) is 1. The third kappa shape index (κ3) is 5.63. The molecule has 0 bridgehead atoms. The second kappa shape index (κ2) is 8.72. The van der Waals surface area contributed by atoms with Crippen molar-refractivity contribution in [3.63, 3.8) is 0 Å². The van der Waals surface area contributed by atoms with E-state index in [1.807, 2.05) is 24.3 Å². The first-order valence-electron chi connectivity index (χ1n) is 6.09. The first-order valence-corrected chi connectivity index (χ1v) is 6.88. The number of morpholine rings is 1. The lowest BCUT2D eigenvalue weighted by Gasteiger charge is -2.26. The van der Waals surface area contributed by atoms with E-state index in [2.05, 4.69) is 10.2 Å². The Morgan fingerprint density at radius 3 is 2.53 bits per heavy atom. The number of rotatable bonds is 4. The van der Waals surface area contributed by atoms with Gasteiger partial charge in [0, 0.05) is 36.8 Å². The molecule has 2 rings (SSSR count). The third-order valence-electron chi connectivity index (χ3n) is 2.92. The van der Waals surface area contributed by atoms with Crippen LogP contribution in [0.3, 0.4) is 0 Å². The summed E-state index contributed by atoms with van der Waals surface area (Å²) in [4.78, 5) is 3.15. The quantitative estimate of drug-likeness (QED) is 0.861. The molecule has 3 nitrogen and oxygen atoms in total. The van der Waals surface area contributed by atoms with Gasteiger partial charge in [-0.2, -0.15) is 0 Å². The van der Waals surface area contributed by atoms with Gasteiger partial charge in [0.25, 0.3) is 0 Å². The molecule has 1 heterocycles. The van der Waals surface area contributed by atoms with Gasteiger partial charge in [0.15, 0.2) is 0 Å². The largest absolute Gasteiger partial charge is 0.379 e. The van der Waals surface area contributed by atoms with E-state index in [1.165, 1.54) is 0 Å². The molecule has 6 heteroatoms. The zero-order chi connectivity index (χ0) is 12.8. The molecule has 0 spiro atoms. The van der Waals surface area contributed by atoms with E-state index in [1.54, 1.807) is 0 Å². The predicted octanol–water partition coefficient (Wildman–Crippen LogP) is 2.36. The van der Waals surface area contributed by atoms with Crippen molar-refractivity contribution in [2.24, 2.45) is 0 Å². The Balaban J connectivity index is 0.00000180. The van der Waals surface area contributed by atoms with Crippen LogP contribution in [0, 0.1) is 0 Å². The molecule has 1 aliphatic heterocycles. The lowest BCUT2D eigenvalue weighted by atomic mass is 10.2. The Labute approximate surface area is 130 Å². The number of benzene rings is 1. The minimum Gasteiger partial charge on any atom is -0.379 e. The highest BCUT2D eigenvalue weighted by molar-refractivity contribution is 7.80. The maximum absolute atomic E-state index is 5.84. The molecule has 0 aliphatic carbocycles. The topological polar surface area (TPSA) is 24.5 Å². The van der Waals surface area contributed by atoms with Gasteiger partial charge in [-0.05, 0) is 12.1 Å². The molecule has 0 aromatic heterocycles. The number of nitrogens with one attached hydrogen (secondary N) is 1. The Morgan fingerprint density at radius 2 is 1.89 bits per heavy atom. The van der Waals surface area contributed by atoms with Crippen LogP contribution in [0.2, 0.25) is 5.02 Å². The first-order chi connectivity index (χ1) is 8.75. The summed E-state index contributed by atoms with van der Waals surface area (Å²) in [5.41, 5.74) is 1.01. The van der Waals surface area contributed by atoms with Crippen LogP contribution in [0.1, 0.15) is 5.56 Å². The smallest absolute Gasteiger partial charge is 0.106 e. The Hall–Kier alpha value is -0.390. The van der Waals surface area contributed by atoms with Gasteiger partial charge >= 0.3 is 0 Å². The van der Waals surface area contributed by atoms with E-state index in [4.69, 9.17) is 28.6 Å². The van der Waals surface area contributed by atoms with Crippen LogP contribution in [-0.4, -0.2) is 49.3 Å². The molecule has 1 aromatic rings.